The van der Waals surface area contributed by atoms with Crippen LogP contribution in [0, 0.1) is 0 Å². The summed E-state index contributed by atoms with van der Waals surface area (Å²) in [6.45, 7) is 2.42. The normalized spacial score (nSPS) is 17.9. The number of carbonyl (C=O) groups excluding carboxylic acids is 4. The van der Waals surface area contributed by atoms with E-state index in [0.29, 0.717) is 16.7 Å². The summed E-state index contributed by atoms with van der Waals surface area (Å²) >= 11 is 0. The molecule has 4 amide bonds. The van der Waals surface area contributed by atoms with Gasteiger partial charge in [-0.15, -0.1) is 0 Å². The molecule has 2 N–H and O–H groups in total. The molecule has 0 radical (unpaired) electrons. The van der Waals surface area contributed by atoms with Crippen LogP contribution < -0.4 is 10.6 Å². The fraction of sp³-hybridized carbons (Fsp3) is 0.385. The Labute approximate surface area is 211 Å². The summed E-state index contributed by atoms with van der Waals surface area (Å²) in [6.07, 6.45) is -4.68. The van der Waals surface area contributed by atoms with E-state index in [0.717, 1.165) is 19.4 Å². The number of benzene rings is 2. The minimum atomic E-state index is -4.39. The van der Waals surface area contributed by atoms with Gasteiger partial charge in [-0.05, 0) is 48.6 Å². The van der Waals surface area contributed by atoms with Gasteiger partial charge in [0.25, 0.3) is 5.91 Å². The molecule has 1 atom stereocenters. The van der Waals surface area contributed by atoms with Gasteiger partial charge in [-0.3, -0.25) is 19.7 Å². The summed E-state index contributed by atoms with van der Waals surface area (Å²) in [4.78, 5) is 50.0. The van der Waals surface area contributed by atoms with E-state index in [1.165, 1.54) is 29.2 Å². The second kappa shape index (κ2) is 9.87. The number of rotatable bonds is 6. The highest BCUT2D eigenvalue weighted by Gasteiger charge is 2.48. The summed E-state index contributed by atoms with van der Waals surface area (Å²) in [6, 6.07) is 10.1. The van der Waals surface area contributed by atoms with E-state index in [9.17, 15) is 32.3 Å². The van der Waals surface area contributed by atoms with Crippen molar-refractivity contribution in [3.63, 3.8) is 0 Å². The van der Waals surface area contributed by atoms with Crippen LogP contribution in [0.15, 0.2) is 42.5 Å². The predicted molar refractivity (Wildman–Crippen MR) is 125 cm³/mol. The average Bonchev–Trinajstić information content (AvgIpc) is 3.16. The van der Waals surface area contributed by atoms with Gasteiger partial charge in [0.2, 0.25) is 11.8 Å². The maximum atomic E-state index is 13.2. The molecular weight excluding hydrogens is 491 g/mol. The van der Waals surface area contributed by atoms with Crippen LogP contribution in [-0.2, 0) is 39.4 Å². The van der Waals surface area contributed by atoms with Gasteiger partial charge in [0.15, 0.2) is 0 Å². The Morgan fingerprint density at radius 2 is 1.76 bits per heavy atom. The zero-order chi connectivity index (χ0) is 27.0. The van der Waals surface area contributed by atoms with Gasteiger partial charge in [-0.1, -0.05) is 36.4 Å². The molecule has 2 heterocycles. The molecule has 0 spiro atoms. The van der Waals surface area contributed by atoms with Crippen molar-refractivity contribution in [1.82, 2.24) is 15.5 Å². The van der Waals surface area contributed by atoms with Crippen LogP contribution in [0.4, 0.5) is 18.0 Å². The Bertz CT molecular complexity index is 1240. The van der Waals surface area contributed by atoms with Crippen LogP contribution >= 0.6 is 0 Å². The fourth-order valence-electron chi connectivity index (χ4n) is 4.27. The van der Waals surface area contributed by atoms with Crippen LogP contribution in [0.1, 0.15) is 59.3 Å². The average molecular weight is 518 g/mol. The lowest BCUT2D eigenvalue weighted by atomic mass is 9.83. The van der Waals surface area contributed by atoms with Crippen molar-refractivity contribution in [2.24, 2.45) is 0 Å². The summed E-state index contributed by atoms with van der Waals surface area (Å²) in [5.41, 5.74) is 0.467. The van der Waals surface area contributed by atoms with Crippen molar-refractivity contribution in [3.05, 3.63) is 70.3 Å². The summed E-state index contributed by atoms with van der Waals surface area (Å²) in [7, 11) is 0. The Balaban J connectivity index is 1.30. The molecule has 37 heavy (non-hydrogen) atoms. The first kappa shape index (κ1) is 26.2. The molecule has 196 valence electrons. The zero-order valence-corrected chi connectivity index (χ0v) is 20.3. The van der Waals surface area contributed by atoms with Crippen LogP contribution in [0.25, 0.3) is 0 Å². The van der Waals surface area contributed by atoms with E-state index < -0.39 is 29.6 Å². The number of fused-ring (bicyclic) bond motifs is 1. The number of nitrogens with one attached hydrogen (secondary N) is 2. The standard InChI is InChI=1S/C26H26F3N3O5/c1-25(2,26(27,28)29)18-7-4-15(5-8-18)14-37-24(36)30-12-16-3-6-17-13-32(23(35)19(17)11-16)20-9-10-21(33)31-22(20)34/h3-8,11,20H,9-10,12-14H2,1-2H3,(H,30,36)(H,31,33,34). The van der Waals surface area contributed by atoms with E-state index >= 15 is 0 Å². The third-order valence-electron chi connectivity index (χ3n) is 6.78. The first-order chi connectivity index (χ1) is 17.4. The molecule has 0 aliphatic carbocycles. The molecule has 1 unspecified atom stereocenters. The second-order valence-electron chi connectivity index (χ2n) is 9.64. The van der Waals surface area contributed by atoms with Gasteiger partial charge >= 0.3 is 12.3 Å². The first-order valence-electron chi connectivity index (χ1n) is 11.7. The number of carbonyl (C=O) groups is 4. The third-order valence-corrected chi connectivity index (χ3v) is 6.78. The molecule has 1 saturated heterocycles. The molecule has 2 aliphatic rings. The maximum Gasteiger partial charge on any atom is 0.407 e. The van der Waals surface area contributed by atoms with Gasteiger partial charge in [0.05, 0.1) is 5.41 Å². The number of hydrogen-bond acceptors (Lipinski definition) is 5. The molecular formula is C26H26F3N3O5. The van der Waals surface area contributed by atoms with Gasteiger partial charge in [0.1, 0.15) is 12.6 Å². The molecule has 2 aliphatic heterocycles. The molecule has 2 aromatic carbocycles. The number of alkyl halides is 3. The quantitative estimate of drug-likeness (QED) is 0.569. The number of amides is 4. The van der Waals surface area contributed by atoms with Crippen LogP contribution in [-0.4, -0.2) is 40.9 Å². The van der Waals surface area contributed by atoms with E-state index in [1.54, 1.807) is 18.2 Å². The van der Waals surface area contributed by atoms with Crippen molar-refractivity contribution < 1.29 is 37.1 Å². The largest absolute Gasteiger partial charge is 0.445 e. The molecule has 0 aromatic heterocycles. The number of ether oxygens (including phenoxy) is 1. The van der Waals surface area contributed by atoms with Crippen LogP contribution in [0.5, 0.6) is 0 Å². The first-order valence-corrected chi connectivity index (χ1v) is 11.7. The molecule has 1 fully saturated rings. The number of imide groups is 1. The van der Waals surface area contributed by atoms with Crippen LogP contribution in [0.2, 0.25) is 0 Å². The Morgan fingerprint density at radius 3 is 2.41 bits per heavy atom. The molecule has 11 heteroatoms. The maximum absolute atomic E-state index is 13.2. The molecule has 0 bridgehead atoms. The fourth-order valence-corrected chi connectivity index (χ4v) is 4.27. The van der Waals surface area contributed by atoms with Crippen molar-refractivity contribution in [1.29, 1.82) is 0 Å². The van der Waals surface area contributed by atoms with E-state index in [-0.39, 0.29) is 49.9 Å². The second-order valence-corrected chi connectivity index (χ2v) is 9.64. The van der Waals surface area contributed by atoms with E-state index in [4.69, 9.17) is 4.74 Å². The van der Waals surface area contributed by atoms with Crippen LogP contribution in [0.3, 0.4) is 0 Å². The molecule has 0 saturated carbocycles. The van der Waals surface area contributed by atoms with Gasteiger partial charge in [-0.25, -0.2) is 4.79 Å². The topological polar surface area (TPSA) is 105 Å². The number of piperidine rings is 1. The highest BCUT2D eigenvalue weighted by molar-refractivity contribution is 6.05. The Kier molecular flexibility index (Phi) is 6.98. The highest BCUT2D eigenvalue weighted by atomic mass is 19.4. The SMILES string of the molecule is CC(C)(c1ccc(COC(=O)NCc2ccc3c(c2)C(=O)N(C2CCC(=O)NC2=O)C3)cc1)C(F)(F)F. The molecule has 8 nitrogen and oxygen atoms in total. The Morgan fingerprint density at radius 1 is 1.08 bits per heavy atom. The van der Waals surface area contributed by atoms with Crippen molar-refractivity contribution in [3.8, 4) is 0 Å². The summed E-state index contributed by atoms with van der Waals surface area (Å²) in [5.74, 6) is -1.15. The number of halogens is 3. The zero-order valence-electron chi connectivity index (χ0n) is 20.3. The van der Waals surface area contributed by atoms with Gasteiger partial charge in [0, 0.05) is 25.1 Å². The number of alkyl carbamates (subject to hydrolysis) is 1. The number of nitrogens with zero attached hydrogens (tertiary/aromatic N) is 1. The smallest absolute Gasteiger partial charge is 0.407 e. The van der Waals surface area contributed by atoms with Gasteiger partial charge in [-0.2, -0.15) is 13.2 Å². The lowest BCUT2D eigenvalue weighted by Gasteiger charge is -2.29. The molecule has 2 aromatic rings. The summed E-state index contributed by atoms with van der Waals surface area (Å²) < 4.78 is 44.8. The van der Waals surface area contributed by atoms with Gasteiger partial charge < -0.3 is 15.0 Å². The molecule has 4 rings (SSSR count). The number of hydrogen-bond donors (Lipinski definition) is 2. The third kappa shape index (κ3) is 5.45. The summed E-state index contributed by atoms with van der Waals surface area (Å²) in [5, 5.41) is 4.84. The van der Waals surface area contributed by atoms with Crippen molar-refractivity contribution >= 4 is 23.8 Å². The highest BCUT2D eigenvalue weighted by Crippen LogP contribution is 2.40. The monoisotopic (exact) mass is 517 g/mol. The van der Waals surface area contributed by atoms with Crippen molar-refractivity contribution in [2.45, 2.75) is 64.0 Å². The lowest BCUT2D eigenvalue weighted by molar-refractivity contribution is -0.180. The van der Waals surface area contributed by atoms with Crippen molar-refractivity contribution in [2.75, 3.05) is 0 Å². The lowest BCUT2D eigenvalue weighted by Crippen LogP contribution is -2.52. The van der Waals surface area contributed by atoms with E-state index in [1.807, 2.05) is 0 Å². The minimum absolute atomic E-state index is 0.0799. The predicted octanol–water partition coefficient (Wildman–Crippen LogP) is 3.71. The minimum Gasteiger partial charge on any atom is -0.445 e. The van der Waals surface area contributed by atoms with E-state index in [2.05, 4.69) is 10.6 Å². The Hall–Kier alpha value is -3.89.